The highest BCUT2D eigenvalue weighted by atomic mass is 32.2. The van der Waals surface area contributed by atoms with Crippen molar-refractivity contribution in [1.29, 1.82) is 0 Å². The molecule has 0 radical (unpaired) electrons. The first-order valence-corrected chi connectivity index (χ1v) is 11.6. The van der Waals surface area contributed by atoms with Crippen LogP contribution in [-0.2, 0) is 22.7 Å². The maximum atomic E-state index is 11.6. The predicted octanol–water partition coefficient (Wildman–Crippen LogP) is 3.61. The van der Waals surface area contributed by atoms with Gasteiger partial charge in [0.05, 0.1) is 11.5 Å². The molecule has 7 heteroatoms. The highest BCUT2D eigenvalue weighted by Gasteiger charge is 2.29. The quantitative estimate of drug-likeness (QED) is 0.757. The Balaban J connectivity index is 1.45. The Kier molecular flexibility index (Phi) is 4.86. The molecule has 2 aliphatic rings. The lowest BCUT2D eigenvalue weighted by atomic mass is 10.0. The van der Waals surface area contributed by atoms with Gasteiger partial charge in [0.25, 0.3) is 5.22 Å². The van der Waals surface area contributed by atoms with Crippen molar-refractivity contribution in [3.05, 3.63) is 41.3 Å². The molecule has 5 nitrogen and oxygen atoms in total. The van der Waals surface area contributed by atoms with Gasteiger partial charge in [0.15, 0.2) is 9.84 Å². The van der Waals surface area contributed by atoms with Crippen LogP contribution in [-0.4, -0.2) is 30.1 Å². The number of aryl methyl sites for hydroxylation is 1. The van der Waals surface area contributed by atoms with Crippen LogP contribution in [0.5, 0.6) is 0 Å². The molecule has 1 aliphatic heterocycles. The van der Waals surface area contributed by atoms with E-state index in [9.17, 15) is 8.42 Å². The number of hydrogen-bond acceptors (Lipinski definition) is 6. The van der Waals surface area contributed by atoms with Crippen LogP contribution in [0.25, 0.3) is 0 Å². The van der Waals surface area contributed by atoms with Crippen LogP contribution in [0.4, 0.5) is 0 Å². The summed E-state index contributed by atoms with van der Waals surface area (Å²) in [5.74, 6) is 1.20. The van der Waals surface area contributed by atoms with Gasteiger partial charge in [-0.25, -0.2) is 8.42 Å². The lowest BCUT2D eigenvalue weighted by Crippen LogP contribution is -2.07. The summed E-state index contributed by atoms with van der Waals surface area (Å²) in [7, 11) is -2.86. The van der Waals surface area contributed by atoms with Crippen molar-refractivity contribution < 1.29 is 12.8 Å². The Labute approximate surface area is 152 Å². The van der Waals surface area contributed by atoms with Gasteiger partial charge in [0.2, 0.25) is 5.89 Å². The fourth-order valence-electron chi connectivity index (χ4n) is 3.77. The van der Waals surface area contributed by atoms with Crippen molar-refractivity contribution in [2.45, 2.75) is 49.0 Å². The number of aromatic nitrogens is 2. The number of fused-ring (bicyclic) bond motifs is 1. The SMILES string of the molecule is O=S1(=O)CC[C@@H](Cc2nnc(S[C@H]3CCCCc4ccccc43)o2)C1. The van der Waals surface area contributed by atoms with Crippen molar-refractivity contribution >= 4 is 21.6 Å². The van der Waals surface area contributed by atoms with E-state index in [2.05, 4.69) is 34.5 Å². The minimum Gasteiger partial charge on any atom is -0.416 e. The largest absolute Gasteiger partial charge is 0.416 e. The third-order valence-corrected chi connectivity index (χ3v) is 8.02. The second kappa shape index (κ2) is 7.11. The van der Waals surface area contributed by atoms with Gasteiger partial charge in [-0.05, 0) is 42.7 Å². The standard InChI is InChI=1S/C18H22N2O3S2/c21-25(22)10-9-13(12-25)11-17-19-20-18(23-17)24-16-8-4-2-6-14-5-1-3-7-15(14)16/h1,3,5,7,13,16H,2,4,6,8-12H2/t13-,16-/m0/s1. The van der Waals surface area contributed by atoms with E-state index in [1.807, 2.05) is 0 Å². The molecule has 1 aliphatic carbocycles. The van der Waals surface area contributed by atoms with Crippen LogP contribution in [0.2, 0.25) is 0 Å². The lowest BCUT2D eigenvalue weighted by molar-refractivity contribution is 0.388. The number of rotatable bonds is 4. The van der Waals surface area contributed by atoms with Crippen LogP contribution < -0.4 is 0 Å². The maximum absolute atomic E-state index is 11.6. The number of hydrogen-bond donors (Lipinski definition) is 0. The molecule has 0 bridgehead atoms. The molecule has 1 saturated heterocycles. The average molecular weight is 379 g/mol. The normalized spacial score (nSPS) is 25.4. The number of benzene rings is 1. The minimum absolute atomic E-state index is 0.113. The van der Waals surface area contributed by atoms with Crippen LogP contribution in [0, 0.1) is 5.92 Å². The van der Waals surface area contributed by atoms with E-state index in [0.29, 0.717) is 29.2 Å². The van der Waals surface area contributed by atoms with Crippen molar-refractivity contribution in [2.75, 3.05) is 11.5 Å². The predicted molar refractivity (Wildman–Crippen MR) is 97.4 cm³/mol. The average Bonchev–Trinajstić information content (AvgIpc) is 3.10. The van der Waals surface area contributed by atoms with Gasteiger partial charge in [0.1, 0.15) is 0 Å². The fraction of sp³-hybridized carbons (Fsp3) is 0.556. The second-order valence-corrected chi connectivity index (χ2v) is 10.4. The number of thioether (sulfide) groups is 1. The van der Waals surface area contributed by atoms with E-state index < -0.39 is 9.84 Å². The smallest absolute Gasteiger partial charge is 0.277 e. The van der Waals surface area contributed by atoms with Crippen LogP contribution >= 0.6 is 11.8 Å². The Morgan fingerprint density at radius 1 is 1.16 bits per heavy atom. The third kappa shape index (κ3) is 4.08. The van der Waals surface area contributed by atoms with Gasteiger partial charge in [-0.1, -0.05) is 42.4 Å². The Morgan fingerprint density at radius 3 is 2.88 bits per heavy atom. The van der Waals surface area contributed by atoms with Crippen molar-refractivity contribution in [3.63, 3.8) is 0 Å². The molecule has 1 aromatic heterocycles. The van der Waals surface area contributed by atoms with Gasteiger partial charge in [-0.15, -0.1) is 10.2 Å². The minimum atomic E-state index is -2.86. The van der Waals surface area contributed by atoms with Crippen LogP contribution in [0.1, 0.15) is 48.0 Å². The molecule has 25 heavy (non-hydrogen) atoms. The zero-order valence-electron chi connectivity index (χ0n) is 14.1. The molecule has 0 amide bonds. The first-order chi connectivity index (χ1) is 12.1. The maximum Gasteiger partial charge on any atom is 0.277 e. The first kappa shape index (κ1) is 17.1. The zero-order valence-corrected chi connectivity index (χ0v) is 15.7. The van der Waals surface area contributed by atoms with Crippen LogP contribution in [0.3, 0.4) is 0 Å². The molecule has 1 fully saturated rings. The highest BCUT2D eigenvalue weighted by Crippen LogP contribution is 2.42. The molecule has 2 atom stereocenters. The second-order valence-electron chi connectivity index (χ2n) is 6.99. The summed E-state index contributed by atoms with van der Waals surface area (Å²) in [6.07, 6.45) is 5.93. The molecular weight excluding hydrogens is 356 g/mol. The third-order valence-electron chi connectivity index (χ3n) is 5.05. The van der Waals surface area contributed by atoms with E-state index in [1.54, 1.807) is 11.8 Å². The van der Waals surface area contributed by atoms with E-state index in [1.165, 1.54) is 24.0 Å². The first-order valence-electron chi connectivity index (χ1n) is 8.86. The number of sulfone groups is 1. The monoisotopic (exact) mass is 378 g/mol. The molecule has 2 aromatic rings. The summed E-state index contributed by atoms with van der Waals surface area (Å²) in [5.41, 5.74) is 2.81. The molecule has 0 unspecified atom stereocenters. The molecule has 4 rings (SSSR count). The molecule has 0 N–H and O–H groups in total. The molecule has 1 aromatic carbocycles. The summed E-state index contributed by atoms with van der Waals surface area (Å²) in [6, 6.07) is 8.62. The van der Waals surface area contributed by atoms with Gasteiger partial charge >= 0.3 is 0 Å². The van der Waals surface area contributed by atoms with Gasteiger partial charge in [-0.2, -0.15) is 0 Å². The van der Waals surface area contributed by atoms with Crippen molar-refractivity contribution in [1.82, 2.24) is 10.2 Å². The van der Waals surface area contributed by atoms with Gasteiger partial charge in [-0.3, -0.25) is 0 Å². The molecule has 2 heterocycles. The van der Waals surface area contributed by atoms with E-state index in [0.717, 1.165) is 12.8 Å². The van der Waals surface area contributed by atoms with Crippen molar-refractivity contribution in [3.8, 4) is 0 Å². The molecule has 134 valence electrons. The summed E-state index contributed by atoms with van der Waals surface area (Å²) in [5, 5.41) is 9.27. The topological polar surface area (TPSA) is 73.1 Å². The molecular formula is C18H22N2O3S2. The van der Waals surface area contributed by atoms with Crippen LogP contribution in [0.15, 0.2) is 33.9 Å². The summed E-state index contributed by atoms with van der Waals surface area (Å²) in [4.78, 5) is 0. The highest BCUT2D eigenvalue weighted by molar-refractivity contribution is 7.99. The Morgan fingerprint density at radius 2 is 2.04 bits per heavy atom. The van der Waals surface area contributed by atoms with E-state index >= 15 is 0 Å². The van der Waals surface area contributed by atoms with E-state index in [4.69, 9.17) is 4.42 Å². The molecule has 0 saturated carbocycles. The van der Waals surface area contributed by atoms with E-state index in [-0.39, 0.29) is 17.4 Å². The Hall–Kier alpha value is -1.34. The van der Waals surface area contributed by atoms with Gasteiger partial charge < -0.3 is 4.42 Å². The number of nitrogens with zero attached hydrogens (tertiary/aromatic N) is 2. The van der Waals surface area contributed by atoms with Gasteiger partial charge in [0, 0.05) is 11.7 Å². The Bertz CT molecular complexity index is 848. The lowest BCUT2D eigenvalue weighted by Gasteiger charge is -2.14. The summed E-state index contributed by atoms with van der Waals surface area (Å²) < 4.78 is 29.0. The van der Waals surface area contributed by atoms with Crippen molar-refractivity contribution in [2.24, 2.45) is 5.92 Å². The summed E-state index contributed by atoms with van der Waals surface area (Å²) in [6.45, 7) is 0. The molecule has 0 spiro atoms. The summed E-state index contributed by atoms with van der Waals surface area (Å²) >= 11 is 1.64. The zero-order chi connectivity index (χ0) is 17.3. The fourth-order valence-corrected chi connectivity index (χ4v) is 6.75.